The first-order chi connectivity index (χ1) is 13.0. The Hall–Kier alpha value is -1.89. The molecule has 2 heterocycles. The van der Waals surface area contributed by atoms with Crippen LogP contribution in [0.1, 0.15) is 34.1 Å². The second-order valence-electron chi connectivity index (χ2n) is 7.56. The number of carbonyl (C=O) groups excluding carboxylic acids is 1. The number of carbonyl (C=O) groups is 1. The summed E-state index contributed by atoms with van der Waals surface area (Å²) in [5.74, 6) is 1.08. The fraction of sp³-hybridized carbons (Fsp3) is 0.524. The van der Waals surface area contributed by atoms with E-state index < -0.39 is 0 Å². The molecule has 6 nitrogen and oxygen atoms in total. The highest BCUT2D eigenvalue weighted by molar-refractivity contribution is 5.85. The van der Waals surface area contributed by atoms with Gasteiger partial charge >= 0.3 is 0 Å². The van der Waals surface area contributed by atoms with Crippen molar-refractivity contribution >= 4 is 18.3 Å². The number of hydrogen-bond acceptors (Lipinski definition) is 4. The van der Waals surface area contributed by atoms with Crippen LogP contribution in [0.4, 0.5) is 0 Å². The maximum Gasteiger partial charge on any atom is 0.234 e. The third-order valence-corrected chi connectivity index (χ3v) is 5.39. The van der Waals surface area contributed by atoms with E-state index in [9.17, 15) is 4.79 Å². The van der Waals surface area contributed by atoms with E-state index in [1.165, 1.54) is 22.3 Å². The summed E-state index contributed by atoms with van der Waals surface area (Å²) in [6, 6.07) is 4.55. The molecule has 1 atom stereocenters. The minimum Gasteiger partial charge on any atom is -0.355 e. The maximum absolute atomic E-state index is 12.5. The van der Waals surface area contributed by atoms with E-state index in [2.05, 4.69) is 53.4 Å². The highest BCUT2D eigenvalue weighted by Gasteiger charge is 2.28. The number of aryl methyl sites for hydroxylation is 4. The molecule has 0 spiro atoms. The Bertz CT molecular complexity index is 781. The van der Waals surface area contributed by atoms with Crippen LogP contribution in [-0.4, -0.2) is 53.1 Å². The molecule has 1 unspecified atom stereocenters. The van der Waals surface area contributed by atoms with Crippen molar-refractivity contribution in [3.63, 3.8) is 0 Å². The molecule has 1 aromatic carbocycles. The molecule has 1 aliphatic rings. The SMILES string of the molecule is Cc1cc(C)c(CCNC(=O)CN2CCNCC2c2nccn2C)c(C)c1.Cl. The summed E-state index contributed by atoms with van der Waals surface area (Å²) in [5.41, 5.74) is 5.24. The highest BCUT2D eigenvalue weighted by Crippen LogP contribution is 2.20. The molecular formula is C21H32ClN5O. The Morgan fingerprint density at radius 1 is 1.29 bits per heavy atom. The third-order valence-electron chi connectivity index (χ3n) is 5.39. The van der Waals surface area contributed by atoms with Gasteiger partial charge in [0, 0.05) is 45.6 Å². The Morgan fingerprint density at radius 2 is 2.00 bits per heavy atom. The lowest BCUT2D eigenvalue weighted by molar-refractivity contribution is -0.123. The van der Waals surface area contributed by atoms with E-state index in [-0.39, 0.29) is 24.4 Å². The minimum atomic E-state index is 0. The van der Waals surface area contributed by atoms with Crippen LogP contribution < -0.4 is 10.6 Å². The normalized spacial score (nSPS) is 17.2. The van der Waals surface area contributed by atoms with Crippen LogP contribution in [0.2, 0.25) is 0 Å². The summed E-state index contributed by atoms with van der Waals surface area (Å²) in [6.45, 7) is 10.1. The fourth-order valence-corrected chi connectivity index (χ4v) is 4.06. The van der Waals surface area contributed by atoms with E-state index >= 15 is 0 Å². The molecule has 1 amide bonds. The van der Waals surface area contributed by atoms with Gasteiger partial charge in [-0.1, -0.05) is 17.7 Å². The van der Waals surface area contributed by atoms with Gasteiger partial charge in [0.1, 0.15) is 5.82 Å². The lowest BCUT2D eigenvalue weighted by Crippen LogP contribution is -2.50. The molecule has 28 heavy (non-hydrogen) atoms. The number of piperazine rings is 1. The van der Waals surface area contributed by atoms with Crippen LogP contribution in [0.15, 0.2) is 24.5 Å². The van der Waals surface area contributed by atoms with Gasteiger partial charge < -0.3 is 15.2 Å². The smallest absolute Gasteiger partial charge is 0.234 e. The van der Waals surface area contributed by atoms with Crippen molar-refractivity contribution in [1.29, 1.82) is 0 Å². The molecule has 1 aliphatic heterocycles. The van der Waals surface area contributed by atoms with Gasteiger partial charge in [-0.25, -0.2) is 4.98 Å². The summed E-state index contributed by atoms with van der Waals surface area (Å²) < 4.78 is 2.03. The number of rotatable bonds is 6. The topological polar surface area (TPSA) is 62.2 Å². The van der Waals surface area contributed by atoms with Gasteiger partial charge in [-0.15, -0.1) is 12.4 Å². The molecule has 2 N–H and O–H groups in total. The summed E-state index contributed by atoms with van der Waals surface area (Å²) in [6.07, 6.45) is 4.64. The number of aromatic nitrogens is 2. The van der Waals surface area contributed by atoms with Crippen LogP contribution in [0.3, 0.4) is 0 Å². The molecule has 7 heteroatoms. The second kappa shape index (κ2) is 10.0. The van der Waals surface area contributed by atoms with Crippen molar-refractivity contribution in [2.75, 3.05) is 32.7 Å². The van der Waals surface area contributed by atoms with Crippen molar-refractivity contribution < 1.29 is 4.79 Å². The van der Waals surface area contributed by atoms with Gasteiger partial charge in [0.2, 0.25) is 5.91 Å². The van der Waals surface area contributed by atoms with Crippen LogP contribution >= 0.6 is 12.4 Å². The van der Waals surface area contributed by atoms with Gasteiger partial charge in [-0.3, -0.25) is 9.69 Å². The summed E-state index contributed by atoms with van der Waals surface area (Å²) in [4.78, 5) is 19.2. The number of amides is 1. The Balaban J connectivity index is 0.00000280. The van der Waals surface area contributed by atoms with Gasteiger partial charge in [0.05, 0.1) is 12.6 Å². The zero-order chi connectivity index (χ0) is 19.4. The van der Waals surface area contributed by atoms with Gasteiger partial charge in [-0.05, 0) is 43.9 Å². The van der Waals surface area contributed by atoms with Gasteiger partial charge in [0.15, 0.2) is 0 Å². The molecule has 0 bridgehead atoms. The molecule has 2 aromatic rings. The standard InChI is InChI=1S/C21H31N5O.ClH/c1-15-11-16(2)18(17(3)12-15)5-6-23-20(27)14-26-10-7-22-13-19(26)21-24-8-9-25(21)4;/h8-9,11-12,19,22H,5-7,10,13-14H2,1-4H3,(H,23,27);1H. The average molecular weight is 406 g/mol. The largest absolute Gasteiger partial charge is 0.355 e. The molecule has 0 aliphatic carbocycles. The molecule has 0 saturated carbocycles. The first kappa shape index (κ1) is 22.4. The molecule has 1 aromatic heterocycles. The number of imidazole rings is 1. The van der Waals surface area contributed by atoms with Crippen molar-refractivity contribution in [2.45, 2.75) is 33.2 Å². The predicted octanol–water partition coefficient (Wildman–Crippen LogP) is 2.07. The predicted molar refractivity (Wildman–Crippen MR) is 115 cm³/mol. The molecule has 3 rings (SSSR count). The molecule has 154 valence electrons. The van der Waals surface area contributed by atoms with Crippen molar-refractivity contribution in [3.8, 4) is 0 Å². The number of nitrogens with zero attached hydrogens (tertiary/aromatic N) is 3. The van der Waals surface area contributed by atoms with E-state index in [0.717, 1.165) is 31.9 Å². The lowest BCUT2D eigenvalue weighted by Gasteiger charge is -2.35. The first-order valence-electron chi connectivity index (χ1n) is 9.71. The van der Waals surface area contributed by atoms with Crippen molar-refractivity contribution in [3.05, 3.63) is 52.6 Å². The quantitative estimate of drug-likeness (QED) is 0.772. The Morgan fingerprint density at radius 3 is 2.64 bits per heavy atom. The average Bonchev–Trinajstić information content (AvgIpc) is 3.03. The summed E-state index contributed by atoms with van der Waals surface area (Å²) >= 11 is 0. The number of hydrogen-bond donors (Lipinski definition) is 2. The number of benzene rings is 1. The summed E-state index contributed by atoms with van der Waals surface area (Å²) in [5, 5.41) is 6.51. The van der Waals surface area contributed by atoms with Gasteiger partial charge in [-0.2, -0.15) is 0 Å². The second-order valence-corrected chi connectivity index (χ2v) is 7.56. The maximum atomic E-state index is 12.5. The Kier molecular flexibility index (Phi) is 8.04. The molecule has 1 saturated heterocycles. The molecule has 1 fully saturated rings. The van der Waals surface area contributed by atoms with Crippen molar-refractivity contribution in [2.24, 2.45) is 7.05 Å². The zero-order valence-electron chi connectivity index (χ0n) is 17.3. The van der Waals surface area contributed by atoms with Crippen LogP contribution in [0.5, 0.6) is 0 Å². The van der Waals surface area contributed by atoms with Gasteiger partial charge in [0.25, 0.3) is 0 Å². The van der Waals surface area contributed by atoms with E-state index in [1.54, 1.807) is 0 Å². The van der Waals surface area contributed by atoms with Crippen LogP contribution in [-0.2, 0) is 18.3 Å². The monoisotopic (exact) mass is 405 g/mol. The number of nitrogens with one attached hydrogen (secondary N) is 2. The fourth-order valence-electron chi connectivity index (χ4n) is 4.06. The minimum absolute atomic E-state index is 0. The first-order valence-corrected chi connectivity index (χ1v) is 9.71. The lowest BCUT2D eigenvalue weighted by atomic mass is 9.97. The van der Waals surface area contributed by atoms with Crippen LogP contribution in [0.25, 0.3) is 0 Å². The third kappa shape index (κ3) is 5.34. The van der Waals surface area contributed by atoms with Crippen molar-refractivity contribution in [1.82, 2.24) is 25.1 Å². The van der Waals surface area contributed by atoms with Crippen LogP contribution in [0, 0.1) is 20.8 Å². The number of halogens is 1. The van der Waals surface area contributed by atoms with E-state index in [0.29, 0.717) is 13.1 Å². The summed E-state index contributed by atoms with van der Waals surface area (Å²) in [7, 11) is 2.00. The Labute approximate surface area is 174 Å². The highest BCUT2D eigenvalue weighted by atomic mass is 35.5. The zero-order valence-corrected chi connectivity index (χ0v) is 18.1. The molecular weight excluding hydrogens is 374 g/mol. The molecule has 0 radical (unpaired) electrons. The van der Waals surface area contributed by atoms with E-state index in [1.807, 2.05) is 24.0 Å². The van der Waals surface area contributed by atoms with E-state index in [4.69, 9.17) is 0 Å².